The van der Waals surface area contributed by atoms with Gasteiger partial charge in [0.05, 0.1) is 18.6 Å². The highest BCUT2D eigenvalue weighted by atomic mass is 35.5. The van der Waals surface area contributed by atoms with Crippen LogP contribution in [0.3, 0.4) is 0 Å². The van der Waals surface area contributed by atoms with Crippen LogP contribution >= 0.6 is 11.6 Å². The minimum Gasteiger partial charge on any atom is -0.486 e. The molecule has 1 aliphatic heterocycles. The summed E-state index contributed by atoms with van der Waals surface area (Å²) in [5.74, 6) is -1.22. The minimum absolute atomic E-state index is 0.0175. The first kappa shape index (κ1) is 27.7. The van der Waals surface area contributed by atoms with E-state index in [-0.39, 0.29) is 30.8 Å². The van der Waals surface area contributed by atoms with Crippen LogP contribution in [0.4, 0.5) is 0 Å². The monoisotopic (exact) mass is 586 g/mol. The number of hydrogen-bond donors (Lipinski definition) is 3. The van der Waals surface area contributed by atoms with Crippen molar-refractivity contribution >= 4 is 34.4 Å². The van der Waals surface area contributed by atoms with Crippen molar-refractivity contribution < 1.29 is 29.0 Å². The number of nitrogens with zero attached hydrogens (tertiary/aromatic N) is 1. The van der Waals surface area contributed by atoms with E-state index in [0.717, 1.165) is 5.56 Å². The number of nitrogens with one attached hydrogen (secondary N) is 1. The van der Waals surface area contributed by atoms with Gasteiger partial charge in [0.15, 0.2) is 0 Å². The van der Waals surface area contributed by atoms with Gasteiger partial charge in [-0.1, -0.05) is 60.1 Å². The predicted octanol–water partition coefficient (Wildman–Crippen LogP) is 3.41. The van der Waals surface area contributed by atoms with Gasteiger partial charge in [-0.15, -0.1) is 0 Å². The van der Waals surface area contributed by atoms with E-state index >= 15 is 0 Å². The van der Waals surface area contributed by atoms with Crippen LogP contribution in [0.5, 0.6) is 5.75 Å². The molecule has 4 aromatic rings. The van der Waals surface area contributed by atoms with E-state index in [0.29, 0.717) is 27.3 Å². The maximum atomic E-state index is 14.2. The first-order valence-corrected chi connectivity index (χ1v) is 13.9. The fraction of sp³-hybridized carbons (Fsp3) is 0.219. The molecule has 4 atom stereocenters. The predicted molar refractivity (Wildman–Crippen MR) is 155 cm³/mol. The van der Waals surface area contributed by atoms with Gasteiger partial charge >= 0.3 is 5.63 Å². The maximum absolute atomic E-state index is 14.2. The topological polar surface area (TPSA) is 129 Å². The molecule has 42 heavy (non-hydrogen) atoms. The highest BCUT2D eigenvalue weighted by molar-refractivity contribution is 6.30. The van der Waals surface area contributed by atoms with Crippen LogP contribution in [0, 0.1) is 0 Å². The second-order valence-corrected chi connectivity index (χ2v) is 10.7. The molecule has 0 saturated heterocycles. The standard InChI is InChI=1S/C32H27ClN2O7/c33-20-11-9-18(10-12-20)17-35(31(39)23-15-19-5-1-3-7-25(19)42-32(23)40)24-16-22(30(38)34-13-14-36)27-21-6-2-4-8-26(21)41-29(27)28(24)37/h1-12,15-16,24,27-29,36-37H,13-14,17H2,(H,34,38)/t24-,27+,28+,29+/m1/s1. The molecule has 2 amide bonds. The van der Waals surface area contributed by atoms with Crippen molar-refractivity contribution in [2.24, 2.45) is 0 Å². The van der Waals surface area contributed by atoms with E-state index < -0.39 is 41.6 Å². The Balaban J connectivity index is 1.47. The molecule has 6 rings (SSSR count). The number of benzene rings is 3. The number of halogens is 1. The fourth-order valence-electron chi connectivity index (χ4n) is 5.66. The zero-order chi connectivity index (χ0) is 29.4. The number of carbonyl (C=O) groups is 2. The Kier molecular flexibility index (Phi) is 7.55. The van der Waals surface area contributed by atoms with Gasteiger partial charge in [0.2, 0.25) is 5.91 Å². The molecule has 10 heteroatoms. The van der Waals surface area contributed by atoms with Crippen molar-refractivity contribution in [1.29, 1.82) is 0 Å². The number of aliphatic hydroxyl groups excluding tert-OH is 2. The van der Waals surface area contributed by atoms with E-state index in [1.807, 2.05) is 12.1 Å². The molecule has 2 heterocycles. The van der Waals surface area contributed by atoms with Gasteiger partial charge in [-0.25, -0.2) is 4.79 Å². The van der Waals surface area contributed by atoms with E-state index in [1.165, 1.54) is 11.0 Å². The Bertz CT molecular complexity index is 1750. The smallest absolute Gasteiger partial charge is 0.349 e. The van der Waals surface area contributed by atoms with Crippen LogP contribution in [0.1, 0.15) is 27.4 Å². The van der Waals surface area contributed by atoms with Crippen LogP contribution in [0.2, 0.25) is 5.02 Å². The second-order valence-electron chi connectivity index (χ2n) is 10.2. The van der Waals surface area contributed by atoms with E-state index in [1.54, 1.807) is 66.7 Å². The Hall–Kier alpha value is -4.44. The van der Waals surface area contributed by atoms with Crippen LogP contribution in [0.15, 0.2) is 99.7 Å². The summed E-state index contributed by atoms with van der Waals surface area (Å²) in [5.41, 5.74) is 1.00. The number of para-hydroxylation sites is 2. The molecule has 0 unspecified atom stereocenters. The maximum Gasteiger partial charge on any atom is 0.349 e. The molecule has 0 saturated carbocycles. The lowest BCUT2D eigenvalue weighted by molar-refractivity contribution is -0.118. The lowest BCUT2D eigenvalue weighted by atomic mass is 9.77. The van der Waals surface area contributed by atoms with Gasteiger partial charge < -0.3 is 29.6 Å². The summed E-state index contributed by atoms with van der Waals surface area (Å²) in [5, 5.41) is 24.8. The number of amides is 2. The Morgan fingerprint density at radius 1 is 1.00 bits per heavy atom. The number of carbonyl (C=O) groups excluding carboxylic acids is 2. The molecule has 0 radical (unpaired) electrons. The van der Waals surface area contributed by atoms with Crippen LogP contribution < -0.4 is 15.7 Å². The summed E-state index contributed by atoms with van der Waals surface area (Å²) in [6, 6.07) is 21.3. The molecule has 3 aromatic carbocycles. The molecule has 1 aliphatic carbocycles. The van der Waals surface area contributed by atoms with Crippen LogP contribution in [-0.4, -0.2) is 58.3 Å². The number of ether oxygens (including phenoxy) is 1. The molecule has 214 valence electrons. The molecule has 2 aliphatic rings. The van der Waals surface area contributed by atoms with Crippen molar-refractivity contribution in [2.45, 2.75) is 30.7 Å². The summed E-state index contributed by atoms with van der Waals surface area (Å²) in [6.07, 6.45) is -0.595. The summed E-state index contributed by atoms with van der Waals surface area (Å²) < 4.78 is 11.6. The van der Waals surface area contributed by atoms with Crippen LogP contribution in [-0.2, 0) is 11.3 Å². The highest BCUT2D eigenvalue weighted by Gasteiger charge is 2.50. The Morgan fingerprint density at radius 2 is 1.74 bits per heavy atom. The van der Waals surface area contributed by atoms with Gasteiger partial charge in [0.1, 0.15) is 29.1 Å². The zero-order valence-electron chi connectivity index (χ0n) is 22.3. The van der Waals surface area contributed by atoms with Gasteiger partial charge in [-0.05, 0) is 42.0 Å². The quantitative estimate of drug-likeness (QED) is 0.283. The molecule has 9 nitrogen and oxygen atoms in total. The van der Waals surface area contributed by atoms with Gasteiger partial charge in [-0.3, -0.25) is 9.59 Å². The number of hydrogen-bond acceptors (Lipinski definition) is 7. The Morgan fingerprint density at radius 3 is 2.52 bits per heavy atom. The Labute approximate surface area is 245 Å². The molecule has 3 N–H and O–H groups in total. The summed E-state index contributed by atoms with van der Waals surface area (Å²) in [7, 11) is 0. The lowest BCUT2D eigenvalue weighted by Gasteiger charge is -2.40. The molecule has 0 bridgehead atoms. The third-order valence-corrected chi connectivity index (χ3v) is 7.89. The second kappa shape index (κ2) is 11.4. The molecule has 1 aromatic heterocycles. The third-order valence-electron chi connectivity index (χ3n) is 7.64. The van der Waals surface area contributed by atoms with E-state index in [4.69, 9.17) is 20.8 Å². The van der Waals surface area contributed by atoms with Crippen molar-refractivity contribution in [3.8, 4) is 5.75 Å². The highest BCUT2D eigenvalue weighted by Crippen LogP contribution is 2.47. The minimum atomic E-state index is -1.26. The number of aliphatic hydroxyl groups is 2. The largest absolute Gasteiger partial charge is 0.486 e. The first-order valence-electron chi connectivity index (χ1n) is 13.5. The molecular weight excluding hydrogens is 560 g/mol. The average Bonchev–Trinajstić information content (AvgIpc) is 3.40. The lowest BCUT2D eigenvalue weighted by Crippen LogP contribution is -2.55. The van der Waals surface area contributed by atoms with Crippen LogP contribution in [0.25, 0.3) is 11.0 Å². The summed E-state index contributed by atoms with van der Waals surface area (Å²) >= 11 is 6.09. The summed E-state index contributed by atoms with van der Waals surface area (Å²) in [6.45, 7) is -0.254. The first-order chi connectivity index (χ1) is 20.4. The van der Waals surface area contributed by atoms with Crippen molar-refractivity contribution in [3.05, 3.63) is 123 Å². The van der Waals surface area contributed by atoms with E-state index in [9.17, 15) is 24.6 Å². The normalized spacial score (nSPS) is 20.7. The van der Waals surface area contributed by atoms with Gasteiger partial charge in [0, 0.05) is 34.6 Å². The SMILES string of the molecule is O=C(NCCO)C1=C[C@@H](N(Cc2ccc(Cl)cc2)C(=O)c2cc3ccccc3oc2=O)[C@H](O)[C@H]2Oc3ccccc3[C@@H]12. The number of rotatable bonds is 7. The van der Waals surface area contributed by atoms with Gasteiger partial charge in [-0.2, -0.15) is 0 Å². The van der Waals surface area contributed by atoms with Gasteiger partial charge in [0.25, 0.3) is 5.91 Å². The fourth-order valence-corrected chi connectivity index (χ4v) is 5.78. The van der Waals surface area contributed by atoms with E-state index in [2.05, 4.69) is 5.32 Å². The molecule has 0 spiro atoms. The zero-order valence-corrected chi connectivity index (χ0v) is 23.0. The van der Waals surface area contributed by atoms with Crippen molar-refractivity contribution in [1.82, 2.24) is 10.2 Å². The molecule has 0 fully saturated rings. The summed E-state index contributed by atoms with van der Waals surface area (Å²) in [4.78, 5) is 42.0. The number of fused-ring (bicyclic) bond motifs is 4. The molecular formula is C32H27ClN2O7. The average molecular weight is 587 g/mol. The van der Waals surface area contributed by atoms with Crippen molar-refractivity contribution in [3.63, 3.8) is 0 Å². The van der Waals surface area contributed by atoms with Crippen molar-refractivity contribution in [2.75, 3.05) is 13.2 Å². The third kappa shape index (κ3) is 5.07.